The highest BCUT2D eigenvalue weighted by Gasteiger charge is 2.22. The number of aryl methyl sites for hydroxylation is 1. The monoisotopic (exact) mass is 296 g/mol. The molecule has 1 atom stereocenters. The summed E-state index contributed by atoms with van der Waals surface area (Å²) < 4.78 is 6.97. The van der Waals surface area contributed by atoms with Crippen LogP contribution in [0.2, 0.25) is 0 Å². The van der Waals surface area contributed by atoms with Crippen LogP contribution < -0.4 is 5.32 Å². The number of likely N-dealkylation sites (N-methyl/N-ethyl adjacent to an activating group) is 1. The van der Waals surface area contributed by atoms with E-state index in [2.05, 4.69) is 29.2 Å². The summed E-state index contributed by atoms with van der Waals surface area (Å²) in [7, 11) is 0. The lowest BCUT2D eigenvalue weighted by Gasteiger charge is -2.21. The molecule has 0 aliphatic rings. The molecule has 0 saturated heterocycles. The number of carbonyl (C=O) groups excluding carboxylic acids is 1. The predicted octanol–water partition coefficient (Wildman–Crippen LogP) is 1.44. The number of ether oxygens (including phenoxy) is 1. The average Bonchev–Trinajstić information content (AvgIpc) is 2.96. The van der Waals surface area contributed by atoms with Crippen LogP contribution in [0.4, 0.5) is 0 Å². The Hall–Kier alpha value is -1.40. The van der Waals surface area contributed by atoms with Crippen molar-refractivity contribution >= 4 is 5.97 Å². The fourth-order valence-corrected chi connectivity index (χ4v) is 2.17. The van der Waals surface area contributed by atoms with Crippen molar-refractivity contribution in [2.75, 3.05) is 32.8 Å². The van der Waals surface area contributed by atoms with Crippen LogP contribution in [0, 0.1) is 0 Å². The Morgan fingerprint density at radius 1 is 1.38 bits per heavy atom. The second kappa shape index (κ2) is 9.52. The third-order valence-electron chi connectivity index (χ3n) is 3.50. The first-order chi connectivity index (χ1) is 10.2. The Bertz CT molecular complexity index is 416. The molecule has 1 unspecified atom stereocenters. The molecule has 21 heavy (non-hydrogen) atoms. The lowest BCUT2D eigenvalue weighted by atomic mass is 10.1. The summed E-state index contributed by atoms with van der Waals surface area (Å²) in [6.45, 7) is 12.9. The fourth-order valence-electron chi connectivity index (χ4n) is 2.17. The molecule has 0 radical (unpaired) electrons. The van der Waals surface area contributed by atoms with Crippen molar-refractivity contribution in [1.82, 2.24) is 20.0 Å². The van der Waals surface area contributed by atoms with E-state index in [9.17, 15) is 4.79 Å². The maximum absolute atomic E-state index is 12.1. The third-order valence-corrected chi connectivity index (χ3v) is 3.50. The smallest absolute Gasteiger partial charge is 0.327 e. The zero-order chi connectivity index (χ0) is 15.7. The number of hydrogen-bond donors (Lipinski definition) is 1. The van der Waals surface area contributed by atoms with Crippen molar-refractivity contribution in [2.24, 2.45) is 0 Å². The lowest BCUT2D eigenvalue weighted by molar-refractivity contribution is -0.145. The molecule has 0 aliphatic heterocycles. The molecule has 0 bridgehead atoms. The Morgan fingerprint density at radius 3 is 2.62 bits per heavy atom. The van der Waals surface area contributed by atoms with E-state index in [1.807, 2.05) is 24.7 Å². The van der Waals surface area contributed by atoms with Gasteiger partial charge in [-0.1, -0.05) is 13.8 Å². The van der Waals surface area contributed by atoms with Gasteiger partial charge in [-0.25, -0.2) is 4.79 Å². The Kier molecular flexibility index (Phi) is 8.00. The Balaban J connectivity index is 2.66. The highest BCUT2D eigenvalue weighted by molar-refractivity contribution is 5.77. The van der Waals surface area contributed by atoms with Gasteiger partial charge in [0.1, 0.15) is 6.04 Å². The topological polar surface area (TPSA) is 59.4 Å². The average molecular weight is 296 g/mol. The zero-order valence-corrected chi connectivity index (χ0v) is 13.6. The standard InChI is InChI=1S/C15H28N4O2/c1-5-18(6-2)10-9-16-14(15(20)21-8-4)13-11-17-19(7-3)12-13/h11-12,14,16H,5-10H2,1-4H3. The van der Waals surface area contributed by atoms with Crippen LogP contribution in [0.5, 0.6) is 0 Å². The third kappa shape index (κ3) is 5.47. The summed E-state index contributed by atoms with van der Waals surface area (Å²) in [6.07, 6.45) is 3.63. The van der Waals surface area contributed by atoms with Crippen LogP contribution in [0.25, 0.3) is 0 Å². The van der Waals surface area contributed by atoms with E-state index >= 15 is 0 Å². The summed E-state index contributed by atoms with van der Waals surface area (Å²) in [5.74, 6) is -0.243. The van der Waals surface area contributed by atoms with Gasteiger partial charge >= 0.3 is 5.97 Å². The van der Waals surface area contributed by atoms with Crippen LogP contribution in [-0.4, -0.2) is 53.4 Å². The van der Waals surface area contributed by atoms with Crippen LogP contribution in [0.3, 0.4) is 0 Å². The summed E-state index contributed by atoms with van der Waals surface area (Å²) in [5.41, 5.74) is 0.856. The van der Waals surface area contributed by atoms with Gasteiger partial charge in [0.2, 0.25) is 0 Å². The van der Waals surface area contributed by atoms with Crippen molar-refractivity contribution in [3.05, 3.63) is 18.0 Å². The maximum Gasteiger partial charge on any atom is 0.327 e. The summed E-state index contributed by atoms with van der Waals surface area (Å²) in [6, 6.07) is -0.444. The van der Waals surface area contributed by atoms with Gasteiger partial charge in [-0.3, -0.25) is 10.00 Å². The summed E-state index contributed by atoms with van der Waals surface area (Å²) >= 11 is 0. The van der Waals surface area contributed by atoms with Crippen molar-refractivity contribution in [3.8, 4) is 0 Å². The molecule has 1 rings (SSSR count). The van der Waals surface area contributed by atoms with Crippen molar-refractivity contribution < 1.29 is 9.53 Å². The normalized spacial score (nSPS) is 12.6. The molecule has 1 heterocycles. The van der Waals surface area contributed by atoms with Crippen LogP contribution in [0.1, 0.15) is 39.3 Å². The van der Waals surface area contributed by atoms with Gasteiger partial charge in [-0.05, 0) is 26.9 Å². The molecule has 120 valence electrons. The molecule has 0 spiro atoms. The van der Waals surface area contributed by atoms with Gasteiger partial charge < -0.3 is 9.64 Å². The van der Waals surface area contributed by atoms with E-state index in [1.54, 1.807) is 6.20 Å². The molecule has 0 saturated carbocycles. The number of aromatic nitrogens is 2. The molecule has 0 aromatic carbocycles. The zero-order valence-electron chi connectivity index (χ0n) is 13.6. The molecule has 0 aliphatic carbocycles. The van der Waals surface area contributed by atoms with Gasteiger partial charge in [-0.2, -0.15) is 5.10 Å². The molecule has 0 fully saturated rings. The number of carbonyl (C=O) groups is 1. The molecule has 6 nitrogen and oxygen atoms in total. The van der Waals surface area contributed by atoms with Gasteiger partial charge in [0.15, 0.2) is 0 Å². The number of nitrogens with one attached hydrogen (secondary N) is 1. The van der Waals surface area contributed by atoms with Crippen molar-refractivity contribution in [1.29, 1.82) is 0 Å². The summed E-state index contributed by atoms with van der Waals surface area (Å²) in [5, 5.41) is 7.52. The van der Waals surface area contributed by atoms with Crippen LogP contribution in [-0.2, 0) is 16.1 Å². The summed E-state index contributed by atoms with van der Waals surface area (Å²) in [4.78, 5) is 14.4. The molecular weight excluding hydrogens is 268 g/mol. The Labute approximate surface area is 127 Å². The minimum absolute atomic E-state index is 0.243. The van der Waals surface area contributed by atoms with Crippen molar-refractivity contribution in [2.45, 2.75) is 40.3 Å². The van der Waals surface area contributed by atoms with E-state index in [0.29, 0.717) is 6.61 Å². The molecule has 1 aromatic rings. The molecule has 1 N–H and O–H groups in total. The largest absolute Gasteiger partial charge is 0.465 e. The predicted molar refractivity (Wildman–Crippen MR) is 83.1 cm³/mol. The van der Waals surface area contributed by atoms with Gasteiger partial charge in [-0.15, -0.1) is 0 Å². The molecule has 0 amide bonds. The first-order valence-corrected chi connectivity index (χ1v) is 7.80. The second-order valence-corrected chi connectivity index (χ2v) is 4.80. The van der Waals surface area contributed by atoms with E-state index in [4.69, 9.17) is 4.74 Å². The SMILES string of the molecule is CCOC(=O)C(NCCN(CC)CC)c1cnn(CC)c1. The molecule has 1 aromatic heterocycles. The molecule has 6 heteroatoms. The first kappa shape index (κ1) is 17.7. The lowest BCUT2D eigenvalue weighted by Crippen LogP contribution is -2.37. The highest BCUT2D eigenvalue weighted by Crippen LogP contribution is 2.14. The minimum atomic E-state index is -0.444. The fraction of sp³-hybridized carbons (Fsp3) is 0.733. The van der Waals surface area contributed by atoms with E-state index in [1.165, 1.54) is 0 Å². The Morgan fingerprint density at radius 2 is 2.10 bits per heavy atom. The van der Waals surface area contributed by atoms with E-state index in [-0.39, 0.29) is 5.97 Å². The maximum atomic E-state index is 12.1. The highest BCUT2D eigenvalue weighted by atomic mass is 16.5. The molecular formula is C15H28N4O2. The number of esters is 1. The van der Waals surface area contributed by atoms with Crippen molar-refractivity contribution in [3.63, 3.8) is 0 Å². The minimum Gasteiger partial charge on any atom is -0.465 e. The van der Waals surface area contributed by atoms with Gasteiger partial charge in [0.25, 0.3) is 0 Å². The van der Waals surface area contributed by atoms with Gasteiger partial charge in [0, 0.05) is 31.4 Å². The number of hydrogen-bond acceptors (Lipinski definition) is 5. The van der Waals surface area contributed by atoms with Gasteiger partial charge in [0.05, 0.1) is 12.8 Å². The van der Waals surface area contributed by atoms with Crippen LogP contribution in [0.15, 0.2) is 12.4 Å². The second-order valence-electron chi connectivity index (χ2n) is 4.80. The first-order valence-electron chi connectivity index (χ1n) is 7.80. The van der Waals surface area contributed by atoms with E-state index in [0.717, 1.165) is 38.3 Å². The number of rotatable bonds is 10. The number of nitrogens with zero attached hydrogens (tertiary/aromatic N) is 3. The quantitative estimate of drug-likeness (QED) is 0.662. The van der Waals surface area contributed by atoms with E-state index < -0.39 is 6.04 Å². The van der Waals surface area contributed by atoms with Crippen LogP contribution >= 0.6 is 0 Å².